The van der Waals surface area contributed by atoms with Crippen LogP contribution in [0, 0.1) is 0 Å². The molecule has 0 atom stereocenters. The third-order valence-electron chi connectivity index (χ3n) is 8.93. The number of rotatable bonds is 5. The number of carboxylic acid groups (broad SMARTS) is 1. The first-order valence-electron chi connectivity index (χ1n) is 14.3. The minimum Gasteiger partial charge on any atom is -0.465 e. The van der Waals surface area contributed by atoms with Crippen LogP contribution in [0.15, 0.2) is 36.7 Å². The number of aryl methyl sites for hydroxylation is 2. The molecule has 2 amide bonds. The topological polar surface area (TPSA) is 90.7 Å². The van der Waals surface area contributed by atoms with Crippen LogP contribution in [0.4, 0.5) is 25.0 Å². The van der Waals surface area contributed by atoms with Gasteiger partial charge in [-0.2, -0.15) is 5.10 Å². The van der Waals surface area contributed by atoms with Crippen molar-refractivity contribution in [3.63, 3.8) is 0 Å². The largest absolute Gasteiger partial charge is 0.465 e. The zero-order valence-electron chi connectivity index (χ0n) is 23.4. The normalized spacial score (nSPS) is 20.2. The number of anilines is 2. The highest BCUT2D eigenvalue weighted by molar-refractivity contribution is 5.80. The molecule has 1 aromatic heterocycles. The third-order valence-corrected chi connectivity index (χ3v) is 8.93. The lowest BCUT2D eigenvalue weighted by molar-refractivity contribution is -0.129. The molecule has 2 N–H and O–H groups in total. The molecule has 0 radical (unpaired) electrons. The average molecular weight is 564 g/mol. The van der Waals surface area contributed by atoms with E-state index in [1.54, 1.807) is 37.1 Å². The number of benzene rings is 2. The Morgan fingerprint density at radius 1 is 1.05 bits per heavy atom. The maximum Gasteiger partial charge on any atom is 0.404 e. The van der Waals surface area contributed by atoms with Crippen LogP contribution in [-0.4, -0.2) is 44.4 Å². The number of alkyl halides is 2. The second-order valence-electron chi connectivity index (χ2n) is 11.6. The van der Waals surface area contributed by atoms with Gasteiger partial charge < -0.3 is 20.2 Å². The van der Waals surface area contributed by atoms with Crippen LogP contribution >= 0.6 is 0 Å². The smallest absolute Gasteiger partial charge is 0.404 e. The van der Waals surface area contributed by atoms with E-state index < -0.39 is 12.5 Å². The molecule has 1 fully saturated rings. The second-order valence-corrected chi connectivity index (χ2v) is 11.6. The van der Waals surface area contributed by atoms with Crippen LogP contribution in [-0.2, 0) is 31.4 Å². The molecule has 3 heterocycles. The zero-order chi connectivity index (χ0) is 28.8. The highest BCUT2D eigenvalue weighted by Gasteiger charge is 2.32. The summed E-state index contributed by atoms with van der Waals surface area (Å²) in [5.41, 5.74) is 7.35. The standard InChI is InChI=1S/C31H35F2N5O3/c1-18(39)37-16-22-10-21(19-5-7-24(8-6-19)35-31(40)41)12-29(27(22)17-37)38-9-3-4-20-11-25(23-14-34-36(2)15-23)26(30(32)33)13-28(20)38/h10-15,19,24,30,35H,3-9,16-17H2,1-2H3,(H,40,41)/t19-,24-. The van der Waals surface area contributed by atoms with Gasteiger partial charge in [-0.1, -0.05) is 6.07 Å². The van der Waals surface area contributed by atoms with E-state index in [2.05, 4.69) is 27.4 Å². The number of nitrogens with zero attached hydrogens (tertiary/aromatic N) is 4. The SMILES string of the molecule is CC(=O)N1Cc2cc([C@H]3CC[C@H](NC(=O)O)CC3)cc(N3CCCc4cc(-c5cnn(C)c5)c(C(F)F)cc43)c2C1. The lowest BCUT2D eigenvalue weighted by Gasteiger charge is -2.35. The highest BCUT2D eigenvalue weighted by atomic mass is 19.3. The fourth-order valence-corrected chi connectivity index (χ4v) is 6.85. The molecule has 0 spiro atoms. The molecule has 1 saturated carbocycles. The number of aromatic nitrogens is 2. The zero-order valence-corrected chi connectivity index (χ0v) is 23.4. The number of nitrogens with one attached hydrogen (secondary N) is 1. The molecule has 8 nitrogen and oxygen atoms in total. The first kappa shape index (κ1) is 27.2. The fourth-order valence-electron chi connectivity index (χ4n) is 6.85. The van der Waals surface area contributed by atoms with Crippen molar-refractivity contribution in [2.45, 2.75) is 76.9 Å². The Morgan fingerprint density at radius 3 is 2.49 bits per heavy atom. The molecule has 1 aliphatic carbocycles. The summed E-state index contributed by atoms with van der Waals surface area (Å²) in [6.07, 6.45) is 4.70. The van der Waals surface area contributed by atoms with Gasteiger partial charge in [-0.3, -0.25) is 9.48 Å². The Bertz CT molecular complexity index is 1500. The maximum atomic E-state index is 14.5. The summed E-state index contributed by atoms with van der Waals surface area (Å²) in [6, 6.07) is 7.92. The molecule has 0 unspecified atom stereocenters. The number of hydrogen-bond acceptors (Lipinski definition) is 4. The molecule has 10 heteroatoms. The van der Waals surface area contributed by atoms with Crippen molar-refractivity contribution in [2.24, 2.45) is 7.05 Å². The summed E-state index contributed by atoms with van der Waals surface area (Å²) in [5.74, 6) is 0.278. The maximum absolute atomic E-state index is 14.5. The molecule has 2 aromatic carbocycles. The number of carbonyl (C=O) groups excluding carboxylic acids is 1. The number of carbonyl (C=O) groups is 2. The van der Waals surface area contributed by atoms with Gasteiger partial charge in [-0.05, 0) is 84.9 Å². The number of halogens is 2. The third kappa shape index (κ3) is 5.27. The van der Waals surface area contributed by atoms with Crippen LogP contribution in [0.25, 0.3) is 11.1 Å². The van der Waals surface area contributed by atoms with Crippen LogP contribution in [0.2, 0.25) is 0 Å². The highest BCUT2D eigenvalue weighted by Crippen LogP contribution is 2.45. The van der Waals surface area contributed by atoms with E-state index in [-0.39, 0.29) is 23.4 Å². The first-order valence-corrected chi connectivity index (χ1v) is 14.3. The van der Waals surface area contributed by atoms with E-state index in [0.29, 0.717) is 30.8 Å². The predicted octanol–water partition coefficient (Wildman–Crippen LogP) is 6.26. The second kappa shape index (κ2) is 10.8. The van der Waals surface area contributed by atoms with Crippen molar-refractivity contribution >= 4 is 23.4 Å². The Hall–Kier alpha value is -3.95. The molecular formula is C31H35F2N5O3. The van der Waals surface area contributed by atoms with E-state index in [0.717, 1.165) is 66.6 Å². The molecule has 216 valence electrons. The predicted molar refractivity (Wildman–Crippen MR) is 151 cm³/mol. The average Bonchev–Trinajstić information content (AvgIpc) is 3.58. The van der Waals surface area contributed by atoms with Gasteiger partial charge in [0.25, 0.3) is 6.43 Å². The van der Waals surface area contributed by atoms with Gasteiger partial charge in [0.15, 0.2) is 0 Å². The molecular weight excluding hydrogens is 528 g/mol. The van der Waals surface area contributed by atoms with E-state index in [1.165, 1.54) is 5.56 Å². The monoisotopic (exact) mass is 563 g/mol. The Balaban J connectivity index is 1.41. The number of hydrogen-bond donors (Lipinski definition) is 2. The first-order chi connectivity index (χ1) is 19.7. The van der Waals surface area contributed by atoms with Crippen molar-refractivity contribution in [3.05, 3.63) is 64.5 Å². The van der Waals surface area contributed by atoms with Gasteiger partial charge >= 0.3 is 6.09 Å². The molecule has 3 aromatic rings. The molecule has 2 aliphatic heterocycles. The molecule has 3 aliphatic rings. The summed E-state index contributed by atoms with van der Waals surface area (Å²) < 4.78 is 30.6. The fraction of sp³-hybridized carbons (Fsp3) is 0.452. The molecule has 41 heavy (non-hydrogen) atoms. The van der Waals surface area contributed by atoms with Gasteiger partial charge in [-0.25, -0.2) is 13.6 Å². The molecule has 0 saturated heterocycles. The van der Waals surface area contributed by atoms with Gasteiger partial charge in [0.2, 0.25) is 5.91 Å². The van der Waals surface area contributed by atoms with Crippen LogP contribution in [0.5, 0.6) is 0 Å². The Labute approximate surface area is 237 Å². The summed E-state index contributed by atoms with van der Waals surface area (Å²) in [6.45, 7) is 3.31. The summed E-state index contributed by atoms with van der Waals surface area (Å²) in [4.78, 5) is 27.5. The summed E-state index contributed by atoms with van der Waals surface area (Å²) in [5, 5.41) is 15.9. The minimum absolute atomic E-state index is 0.00827. The molecule has 0 bridgehead atoms. The summed E-state index contributed by atoms with van der Waals surface area (Å²) in [7, 11) is 1.78. The van der Waals surface area contributed by atoms with Gasteiger partial charge in [0.05, 0.1) is 6.20 Å². The van der Waals surface area contributed by atoms with Crippen LogP contribution in [0.3, 0.4) is 0 Å². The number of fused-ring (bicyclic) bond motifs is 2. The lowest BCUT2D eigenvalue weighted by atomic mass is 9.80. The van der Waals surface area contributed by atoms with E-state index >= 15 is 0 Å². The van der Waals surface area contributed by atoms with Crippen molar-refractivity contribution in [1.29, 1.82) is 0 Å². The van der Waals surface area contributed by atoms with Gasteiger partial charge in [0, 0.05) is 73.9 Å². The molecule has 6 rings (SSSR count). The van der Waals surface area contributed by atoms with Crippen LogP contribution in [0.1, 0.15) is 79.2 Å². The van der Waals surface area contributed by atoms with Crippen molar-refractivity contribution in [3.8, 4) is 11.1 Å². The van der Waals surface area contributed by atoms with Crippen LogP contribution < -0.4 is 10.2 Å². The Morgan fingerprint density at radius 2 is 1.83 bits per heavy atom. The quantitative estimate of drug-likeness (QED) is 0.382. The lowest BCUT2D eigenvalue weighted by Crippen LogP contribution is -2.36. The van der Waals surface area contributed by atoms with Gasteiger partial charge in [0.1, 0.15) is 0 Å². The number of amides is 2. The van der Waals surface area contributed by atoms with Crippen molar-refractivity contribution in [2.75, 3.05) is 11.4 Å². The van der Waals surface area contributed by atoms with E-state index in [4.69, 9.17) is 5.11 Å². The minimum atomic E-state index is -2.64. The van der Waals surface area contributed by atoms with Gasteiger partial charge in [-0.15, -0.1) is 0 Å². The van der Waals surface area contributed by atoms with Crippen molar-refractivity contribution < 1.29 is 23.5 Å². The van der Waals surface area contributed by atoms with Crippen molar-refractivity contribution in [1.82, 2.24) is 20.0 Å². The summed E-state index contributed by atoms with van der Waals surface area (Å²) >= 11 is 0. The van der Waals surface area contributed by atoms with E-state index in [1.807, 2.05) is 11.0 Å². The van der Waals surface area contributed by atoms with E-state index in [9.17, 15) is 18.4 Å². The Kier molecular flexibility index (Phi) is 7.17.